The van der Waals surface area contributed by atoms with Gasteiger partial charge in [-0.2, -0.15) is 0 Å². The van der Waals surface area contributed by atoms with Gasteiger partial charge in [-0.05, 0) is 19.1 Å². The fraction of sp³-hybridized carbons (Fsp3) is 0.571. The van der Waals surface area contributed by atoms with E-state index in [-0.39, 0.29) is 12.1 Å². The molecule has 1 saturated heterocycles. The predicted molar refractivity (Wildman–Crippen MR) is 74.4 cm³/mol. The van der Waals surface area contributed by atoms with Gasteiger partial charge in [0.15, 0.2) is 0 Å². The standard InChI is InChI=1S/C14H21N3O3/c1-11-4-3-5-12(16-11)8-15-14(18)17(2)9-13-10-19-6-7-20-13/h3-5,13H,6-10H2,1-2H3,(H,15,18)/t13-/m0/s1. The number of ether oxygens (including phenoxy) is 2. The second-order valence-corrected chi connectivity index (χ2v) is 4.88. The van der Waals surface area contributed by atoms with Crippen molar-refractivity contribution in [2.75, 3.05) is 33.4 Å². The molecule has 1 aromatic heterocycles. The maximum Gasteiger partial charge on any atom is 0.317 e. The van der Waals surface area contributed by atoms with Gasteiger partial charge >= 0.3 is 6.03 Å². The molecule has 20 heavy (non-hydrogen) atoms. The van der Waals surface area contributed by atoms with Crippen molar-refractivity contribution < 1.29 is 14.3 Å². The van der Waals surface area contributed by atoms with E-state index >= 15 is 0 Å². The fourth-order valence-corrected chi connectivity index (χ4v) is 2.03. The number of rotatable bonds is 4. The molecule has 6 nitrogen and oxygen atoms in total. The summed E-state index contributed by atoms with van der Waals surface area (Å²) in [6, 6.07) is 5.62. The Bertz CT molecular complexity index is 447. The highest BCUT2D eigenvalue weighted by molar-refractivity contribution is 5.73. The molecule has 2 heterocycles. The van der Waals surface area contributed by atoms with Gasteiger partial charge in [-0.3, -0.25) is 4.98 Å². The zero-order valence-electron chi connectivity index (χ0n) is 12.0. The van der Waals surface area contributed by atoms with Gasteiger partial charge in [-0.1, -0.05) is 6.07 Å². The van der Waals surface area contributed by atoms with Gasteiger partial charge in [0.25, 0.3) is 0 Å². The minimum Gasteiger partial charge on any atom is -0.376 e. The molecule has 2 rings (SSSR count). The van der Waals surface area contributed by atoms with Crippen molar-refractivity contribution in [3.05, 3.63) is 29.6 Å². The highest BCUT2D eigenvalue weighted by Crippen LogP contribution is 2.03. The van der Waals surface area contributed by atoms with Crippen molar-refractivity contribution in [2.24, 2.45) is 0 Å². The van der Waals surface area contributed by atoms with E-state index < -0.39 is 0 Å². The van der Waals surface area contributed by atoms with Gasteiger partial charge in [0.2, 0.25) is 0 Å². The fourth-order valence-electron chi connectivity index (χ4n) is 2.03. The van der Waals surface area contributed by atoms with Crippen LogP contribution in [0.1, 0.15) is 11.4 Å². The molecule has 1 aliphatic heterocycles. The number of amides is 2. The second kappa shape index (κ2) is 7.21. The molecule has 0 aliphatic carbocycles. The molecular formula is C14H21N3O3. The van der Waals surface area contributed by atoms with E-state index in [0.717, 1.165) is 11.4 Å². The van der Waals surface area contributed by atoms with Crippen LogP contribution in [0.5, 0.6) is 0 Å². The SMILES string of the molecule is Cc1cccc(CNC(=O)N(C)C[C@H]2COCCO2)n1. The number of urea groups is 1. The first-order chi connectivity index (χ1) is 9.65. The lowest BCUT2D eigenvalue weighted by atomic mass is 10.3. The van der Waals surface area contributed by atoms with Crippen LogP contribution in [-0.2, 0) is 16.0 Å². The van der Waals surface area contributed by atoms with Gasteiger partial charge < -0.3 is 19.7 Å². The summed E-state index contributed by atoms with van der Waals surface area (Å²) in [6.45, 7) is 4.63. The molecule has 0 saturated carbocycles. The van der Waals surface area contributed by atoms with Crippen LogP contribution in [-0.4, -0.2) is 55.4 Å². The second-order valence-electron chi connectivity index (χ2n) is 4.88. The van der Waals surface area contributed by atoms with E-state index in [2.05, 4.69) is 10.3 Å². The normalized spacial score (nSPS) is 18.6. The first-order valence-corrected chi connectivity index (χ1v) is 6.76. The smallest absolute Gasteiger partial charge is 0.317 e. The molecule has 6 heteroatoms. The van der Waals surface area contributed by atoms with Crippen molar-refractivity contribution in [3.63, 3.8) is 0 Å². The first kappa shape index (κ1) is 14.7. The molecule has 0 aromatic carbocycles. The quantitative estimate of drug-likeness (QED) is 0.891. The molecule has 0 spiro atoms. The summed E-state index contributed by atoms with van der Waals surface area (Å²) in [4.78, 5) is 17.9. The van der Waals surface area contributed by atoms with Crippen LogP contribution >= 0.6 is 0 Å². The molecule has 0 radical (unpaired) electrons. The molecule has 2 amide bonds. The molecule has 110 valence electrons. The Labute approximate surface area is 119 Å². The summed E-state index contributed by atoms with van der Waals surface area (Å²) in [6.07, 6.45) is -0.0448. The third-order valence-corrected chi connectivity index (χ3v) is 3.08. The number of aromatic nitrogens is 1. The maximum absolute atomic E-state index is 12.0. The van der Waals surface area contributed by atoms with Gasteiger partial charge in [0.1, 0.15) is 0 Å². The average molecular weight is 279 g/mol. The maximum atomic E-state index is 12.0. The Morgan fingerprint density at radius 3 is 3.05 bits per heavy atom. The van der Waals surface area contributed by atoms with E-state index in [4.69, 9.17) is 9.47 Å². The van der Waals surface area contributed by atoms with E-state index in [0.29, 0.717) is 32.9 Å². The molecule has 1 fully saturated rings. The van der Waals surface area contributed by atoms with Crippen LogP contribution in [0.25, 0.3) is 0 Å². The minimum absolute atomic E-state index is 0.0448. The third-order valence-electron chi connectivity index (χ3n) is 3.08. The number of nitrogens with one attached hydrogen (secondary N) is 1. The van der Waals surface area contributed by atoms with Crippen LogP contribution in [0, 0.1) is 6.92 Å². The number of aryl methyl sites for hydroxylation is 1. The van der Waals surface area contributed by atoms with Gasteiger partial charge in [-0.25, -0.2) is 4.79 Å². The molecular weight excluding hydrogens is 258 g/mol. The topological polar surface area (TPSA) is 63.7 Å². The molecule has 0 bridgehead atoms. The lowest BCUT2D eigenvalue weighted by Gasteiger charge is -2.27. The molecule has 1 aromatic rings. The highest BCUT2D eigenvalue weighted by Gasteiger charge is 2.19. The van der Waals surface area contributed by atoms with E-state index in [9.17, 15) is 4.79 Å². The van der Waals surface area contributed by atoms with Crippen molar-refractivity contribution >= 4 is 6.03 Å². The van der Waals surface area contributed by atoms with Crippen molar-refractivity contribution in [2.45, 2.75) is 19.6 Å². The number of nitrogens with zero attached hydrogens (tertiary/aromatic N) is 2. The Hall–Kier alpha value is -1.66. The first-order valence-electron chi connectivity index (χ1n) is 6.76. The van der Waals surface area contributed by atoms with Crippen LogP contribution in [0.3, 0.4) is 0 Å². The molecule has 0 unspecified atom stereocenters. The van der Waals surface area contributed by atoms with Gasteiger partial charge in [-0.15, -0.1) is 0 Å². The Morgan fingerprint density at radius 2 is 2.35 bits per heavy atom. The average Bonchev–Trinajstić information content (AvgIpc) is 2.46. The van der Waals surface area contributed by atoms with Crippen LogP contribution in [0.4, 0.5) is 4.79 Å². The molecule has 1 N–H and O–H groups in total. The van der Waals surface area contributed by atoms with Crippen LogP contribution in [0.15, 0.2) is 18.2 Å². The van der Waals surface area contributed by atoms with Gasteiger partial charge in [0.05, 0.1) is 44.7 Å². The zero-order valence-corrected chi connectivity index (χ0v) is 12.0. The van der Waals surface area contributed by atoms with E-state index in [1.807, 2.05) is 25.1 Å². The summed E-state index contributed by atoms with van der Waals surface area (Å²) in [5.74, 6) is 0. The van der Waals surface area contributed by atoms with Crippen molar-refractivity contribution in [1.82, 2.24) is 15.2 Å². The summed E-state index contributed by atoms with van der Waals surface area (Å²) < 4.78 is 10.8. The Morgan fingerprint density at radius 1 is 1.50 bits per heavy atom. The number of carbonyl (C=O) groups excluding carboxylic acids is 1. The number of hydrogen-bond acceptors (Lipinski definition) is 4. The van der Waals surface area contributed by atoms with E-state index in [1.54, 1.807) is 11.9 Å². The summed E-state index contributed by atoms with van der Waals surface area (Å²) in [7, 11) is 1.75. The Balaban J connectivity index is 1.76. The monoisotopic (exact) mass is 279 g/mol. The number of pyridine rings is 1. The highest BCUT2D eigenvalue weighted by atomic mass is 16.6. The summed E-state index contributed by atoms with van der Waals surface area (Å²) >= 11 is 0. The molecule has 1 aliphatic rings. The van der Waals surface area contributed by atoms with Crippen LogP contribution < -0.4 is 5.32 Å². The molecule has 1 atom stereocenters. The zero-order chi connectivity index (χ0) is 14.4. The third kappa shape index (κ3) is 4.47. The van der Waals surface area contributed by atoms with Crippen molar-refractivity contribution in [3.8, 4) is 0 Å². The van der Waals surface area contributed by atoms with Gasteiger partial charge in [0, 0.05) is 12.7 Å². The number of likely N-dealkylation sites (N-methyl/N-ethyl adjacent to an activating group) is 1. The van der Waals surface area contributed by atoms with Crippen molar-refractivity contribution in [1.29, 1.82) is 0 Å². The Kier molecular flexibility index (Phi) is 5.31. The lowest BCUT2D eigenvalue weighted by Crippen LogP contribution is -2.44. The van der Waals surface area contributed by atoms with Crippen LogP contribution in [0.2, 0.25) is 0 Å². The lowest BCUT2D eigenvalue weighted by molar-refractivity contribution is -0.0928. The number of carbonyl (C=O) groups is 1. The minimum atomic E-state index is -0.137. The summed E-state index contributed by atoms with van der Waals surface area (Å²) in [5.41, 5.74) is 1.79. The van der Waals surface area contributed by atoms with E-state index in [1.165, 1.54) is 0 Å². The number of hydrogen-bond donors (Lipinski definition) is 1. The largest absolute Gasteiger partial charge is 0.376 e. The predicted octanol–water partition coefficient (Wildman–Crippen LogP) is 0.947. The summed E-state index contributed by atoms with van der Waals surface area (Å²) in [5, 5.41) is 2.84.